The summed E-state index contributed by atoms with van der Waals surface area (Å²) in [5.41, 5.74) is 4.83. The summed E-state index contributed by atoms with van der Waals surface area (Å²) < 4.78 is 27.8. The molecule has 0 spiro atoms. The molecule has 0 heterocycles. The molecule has 0 unspecified atom stereocenters. The average Bonchev–Trinajstić information content (AvgIpc) is 3.01. The van der Waals surface area contributed by atoms with Crippen LogP contribution in [0.3, 0.4) is 0 Å². The molecule has 4 bridgehead atoms. The Bertz CT molecular complexity index is 1630. The van der Waals surface area contributed by atoms with Gasteiger partial charge in [0.15, 0.2) is 0 Å². The maximum atomic E-state index is 14.4. The van der Waals surface area contributed by atoms with Gasteiger partial charge in [-0.15, -0.1) is 0 Å². The van der Waals surface area contributed by atoms with E-state index in [2.05, 4.69) is 17.4 Å². The van der Waals surface area contributed by atoms with Gasteiger partial charge in [-0.2, -0.15) is 0 Å². The Kier molecular flexibility index (Phi) is 9.52. The van der Waals surface area contributed by atoms with Crippen LogP contribution in [0.25, 0.3) is 0 Å². The van der Waals surface area contributed by atoms with Gasteiger partial charge in [-0.3, -0.25) is 13.9 Å². The van der Waals surface area contributed by atoms with Crippen molar-refractivity contribution in [1.29, 1.82) is 0 Å². The van der Waals surface area contributed by atoms with Crippen LogP contribution in [0.2, 0.25) is 0 Å². The lowest BCUT2D eigenvalue weighted by molar-refractivity contribution is -0.140. The van der Waals surface area contributed by atoms with E-state index in [0.29, 0.717) is 12.1 Å². The zero-order valence-corrected chi connectivity index (χ0v) is 29.0. The van der Waals surface area contributed by atoms with Crippen LogP contribution < -0.4 is 9.62 Å². The minimum atomic E-state index is -3.82. The van der Waals surface area contributed by atoms with E-state index in [1.807, 2.05) is 87.5 Å². The molecule has 47 heavy (non-hydrogen) atoms. The van der Waals surface area contributed by atoms with E-state index in [4.69, 9.17) is 0 Å². The lowest BCUT2D eigenvalue weighted by atomic mass is 9.48. The van der Waals surface area contributed by atoms with Gasteiger partial charge in [-0.05, 0) is 111 Å². The molecule has 0 radical (unpaired) electrons. The quantitative estimate of drug-likeness (QED) is 0.245. The highest BCUT2D eigenvalue weighted by atomic mass is 32.2. The van der Waals surface area contributed by atoms with Crippen LogP contribution in [0.15, 0.2) is 78.9 Å². The minimum Gasteiger partial charge on any atom is -0.352 e. The van der Waals surface area contributed by atoms with E-state index in [-0.39, 0.29) is 23.9 Å². The van der Waals surface area contributed by atoms with Crippen LogP contribution in [-0.2, 0) is 38.0 Å². The summed E-state index contributed by atoms with van der Waals surface area (Å²) in [6, 6.07) is 24.5. The molecule has 4 aliphatic rings. The largest absolute Gasteiger partial charge is 0.352 e. The highest BCUT2D eigenvalue weighted by Crippen LogP contribution is 2.60. The standard InChI is InChI=1S/C39H49N3O4S/c1-27(2)40-38(44)36(21-29-8-6-5-7-9-29)41(25-30-12-10-28(3)11-13-30)37(43)26-42(47(4,45)46)35-16-14-34(15-17-35)39-22-31-18-32(23-39)20-33(19-31)24-39/h5-17,27,31-33,36H,18-26H2,1-4H3,(H,40,44)/t31?,32?,33?,36-,39?/m0/s1. The molecule has 4 saturated carbocycles. The highest BCUT2D eigenvalue weighted by molar-refractivity contribution is 7.92. The summed E-state index contributed by atoms with van der Waals surface area (Å²) in [4.78, 5) is 29.7. The van der Waals surface area contributed by atoms with Crippen LogP contribution in [-0.4, -0.2) is 50.0 Å². The number of benzene rings is 3. The van der Waals surface area contributed by atoms with Gasteiger partial charge >= 0.3 is 0 Å². The van der Waals surface area contributed by atoms with Crippen molar-refractivity contribution >= 4 is 27.5 Å². The van der Waals surface area contributed by atoms with Gasteiger partial charge in [0.2, 0.25) is 21.8 Å². The van der Waals surface area contributed by atoms with Crippen LogP contribution >= 0.6 is 0 Å². The first-order valence-electron chi connectivity index (χ1n) is 17.2. The third-order valence-corrected chi connectivity index (χ3v) is 11.8. The van der Waals surface area contributed by atoms with E-state index in [9.17, 15) is 18.0 Å². The lowest BCUT2D eigenvalue weighted by Crippen LogP contribution is -2.54. The van der Waals surface area contributed by atoms with Crippen molar-refractivity contribution in [1.82, 2.24) is 10.2 Å². The van der Waals surface area contributed by atoms with Crippen LogP contribution in [0.5, 0.6) is 0 Å². The van der Waals surface area contributed by atoms with E-state index < -0.39 is 28.5 Å². The minimum absolute atomic E-state index is 0.128. The van der Waals surface area contributed by atoms with Crippen molar-refractivity contribution in [3.8, 4) is 0 Å². The Balaban J connectivity index is 1.30. The van der Waals surface area contributed by atoms with Crippen molar-refractivity contribution in [2.75, 3.05) is 17.1 Å². The van der Waals surface area contributed by atoms with Gasteiger partial charge in [-0.1, -0.05) is 72.3 Å². The number of hydrogen-bond acceptors (Lipinski definition) is 4. The number of rotatable bonds is 12. The highest BCUT2D eigenvalue weighted by Gasteiger charge is 2.51. The molecule has 0 saturated heterocycles. The lowest BCUT2D eigenvalue weighted by Gasteiger charge is -2.57. The van der Waals surface area contributed by atoms with Crippen molar-refractivity contribution in [2.24, 2.45) is 17.8 Å². The van der Waals surface area contributed by atoms with E-state index in [1.54, 1.807) is 4.90 Å². The Hall–Kier alpha value is -3.65. The van der Waals surface area contributed by atoms with Gasteiger partial charge in [-0.25, -0.2) is 8.42 Å². The van der Waals surface area contributed by atoms with Crippen molar-refractivity contribution < 1.29 is 18.0 Å². The molecular weight excluding hydrogens is 607 g/mol. The smallest absolute Gasteiger partial charge is 0.244 e. The molecule has 0 aromatic heterocycles. The maximum Gasteiger partial charge on any atom is 0.244 e. The molecule has 3 aromatic rings. The summed E-state index contributed by atoms with van der Waals surface area (Å²) in [6.07, 6.45) is 9.20. The number of nitrogens with one attached hydrogen (secondary N) is 1. The monoisotopic (exact) mass is 655 g/mol. The molecule has 7 nitrogen and oxygen atoms in total. The molecular formula is C39H49N3O4S. The second-order valence-corrected chi connectivity index (χ2v) is 16.8. The zero-order chi connectivity index (χ0) is 33.3. The van der Waals surface area contributed by atoms with Crippen LogP contribution in [0.4, 0.5) is 5.69 Å². The van der Waals surface area contributed by atoms with E-state index in [0.717, 1.165) is 40.7 Å². The summed E-state index contributed by atoms with van der Waals surface area (Å²) in [5, 5.41) is 3.00. The summed E-state index contributed by atoms with van der Waals surface area (Å²) in [6.45, 7) is 5.55. The fraction of sp³-hybridized carbons (Fsp3) is 0.487. The number of carbonyl (C=O) groups excluding carboxylic acids is 2. The van der Waals surface area contributed by atoms with E-state index >= 15 is 0 Å². The predicted octanol–water partition coefficient (Wildman–Crippen LogP) is 6.39. The summed E-state index contributed by atoms with van der Waals surface area (Å²) in [5.74, 6) is 1.73. The first-order valence-corrected chi connectivity index (χ1v) is 19.0. The second kappa shape index (κ2) is 13.5. The predicted molar refractivity (Wildman–Crippen MR) is 187 cm³/mol. The van der Waals surface area contributed by atoms with E-state index in [1.165, 1.54) is 48.4 Å². The maximum absolute atomic E-state index is 14.4. The average molecular weight is 656 g/mol. The number of amides is 2. The summed E-state index contributed by atoms with van der Waals surface area (Å²) in [7, 11) is -3.82. The Morgan fingerprint density at radius 2 is 1.40 bits per heavy atom. The summed E-state index contributed by atoms with van der Waals surface area (Å²) >= 11 is 0. The number of carbonyl (C=O) groups is 2. The molecule has 4 aliphatic carbocycles. The fourth-order valence-corrected chi connectivity index (χ4v) is 9.73. The third-order valence-electron chi connectivity index (χ3n) is 10.7. The normalized spacial score (nSPS) is 23.8. The second-order valence-electron chi connectivity index (χ2n) is 14.9. The number of anilines is 1. The third kappa shape index (κ3) is 7.58. The molecule has 250 valence electrons. The van der Waals surface area contributed by atoms with Crippen molar-refractivity contribution in [2.45, 2.75) is 89.8 Å². The van der Waals surface area contributed by atoms with Gasteiger partial charge in [0.05, 0.1) is 11.9 Å². The number of hydrogen-bond donors (Lipinski definition) is 1. The number of sulfonamides is 1. The Morgan fingerprint density at radius 1 is 0.830 bits per heavy atom. The first kappa shape index (κ1) is 33.3. The molecule has 7 rings (SSSR count). The molecule has 1 atom stereocenters. The molecule has 2 amide bonds. The van der Waals surface area contributed by atoms with Crippen molar-refractivity contribution in [3.63, 3.8) is 0 Å². The molecule has 4 fully saturated rings. The molecule has 0 aliphatic heterocycles. The van der Waals surface area contributed by atoms with Gasteiger partial charge < -0.3 is 10.2 Å². The Morgan fingerprint density at radius 3 is 1.94 bits per heavy atom. The van der Waals surface area contributed by atoms with Gasteiger partial charge in [0, 0.05) is 19.0 Å². The van der Waals surface area contributed by atoms with Gasteiger partial charge in [0.1, 0.15) is 12.6 Å². The first-order chi connectivity index (χ1) is 22.4. The Labute approximate surface area is 280 Å². The molecule has 1 N–H and O–H groups in total. The van der Waals surface area contributed by atoms with Gasteiger partial charge in [0.25, 0.3) is 0 Å². The zero-order valence-electron chi connectivity index (χ0n) is 28.2. The topological polar surface area (TPSA) is 86.8 Å². The molecule has 8 heteroatoms. The SMILES string of the molecule is Cc1ccc(CN(C(=O)CN(c2ccc(C34CC5CC(CC(C5)C3)C4)cc2)S(C)(=O)=O)[C@@H](Cc2ccccc2)C(=O)NC(C)C)cc1. The van der Waals surface area contributed by atoms with Crippen molar-refractivity contribution in [3.05, 3.63) is 101 Å². The van der Waals surface area contributed by atoms with Crippen LogP contribution in [0.1, 0.15) is 74.6 Å². The van der Waals surface area contributed by atoms with Crippen LogP contribution in [0, 0.1) is 24.7 Å². The fourth-order valence-electron chi connectivity index (χ4n) is 8.88. The number of nitrogens with zero attached hydrogens (tertiary/aromatic N) is 2. The molecule has 3 aromatic carbocycles. The number of aryl methyl sites for hydroxylation is 1.